The first-order valence-corrected chi connectivity index (χ1v) is 6.45. The minimum absolute atomic E-state index is 0.0820. The van der Waals surface area contributed by atoms with Crippen LogP contribution < -0.4 is 5.32 Å². The molecule has 1 amide bonds. The Kier molecular flexibility index (Phi) is 4.09. The molecule has 1 aromatic heterocycles. The summed E-state index contributed by atoms with van der Waals surface area (Å²) < 4.78 is 0.794. The topological polar surface area (TPSA) is 85.1 Å². The average molecular weight is 336 g/mol. The van der Waals surface area contributed by atoms with E-state index in [1.807, 2.05) is 0 Å². The summed E-state index contributed by atoms with van der Waals surface area (Å²) in [6, 6.07) is 7.76. The van der Waals surface area contributed by atoms with Crippen molar-refractivity contribution < 1.29 is 9.72 Å². The summed E-state index contributed by atoms with van der Waals surface area (Å²) in [5, 5.41) is 13.4. The molecular weight excluding hydrogens is 326 g/mol. The summed E-state index contributed by atoms with van der Waals surface area (Å²) in [6.45, 7) is 1.54. The molecule has 0 aliphatic carbocycles. The van der Waals surface area contributed by atoms with E-state index in [-0.39, 0.29) is 11.3 Å². The highest BCUT2D eigenvalue weighted by molar-refractivity contribution is 9.10. The number of nitrogens with one attached hydrogen (secondary N) is 1. The number of aromatic nitrogens is 1. The molecule has 0 unspecified atom stereocenters. The van der Waals surface area contributed by atoms with Gasteiger partial charge in [0.2, 0.25) is 0 Å². The van der Waals surface area contributed by atoms with Crippen LogP contribution in [0.4, 0.5) is 11.5 Å². The largest absolute Gasteiger partial charge is 0.307 e. The van der Waals surface area contributed by atoms with Crippen molar-refractivity contribution in [1.82, 2.24) is 4.98 Å². The molecule has 1 aromatic carbocycles. The third-order valence-corrected chi connectivity index (χ3v) is 3.18. The lowest BCUT2D eigenvalue weighted by molar-refractivity contribution is -0.385. The second-order valence-corrected chi connectivity index (χ2v) is 4.94. The highest BCUT2D eigenvalue weighted by Crippen LogP contribution is 2.22. The summed E-state index contributed by atoms with van der Waals surface area (Å²) in [4.78, 5) is 26.5. The molecule has 1 heterocycles. The number of rotatable bonds is 3. The maximum atomic E-state index is 12.1. The first-order valence-electron chi connectivity index (χ1n) is 5.66. The van der Waals surface area contributed by atoms with Crippen molar-refractivity contribution >= 4 is 33.3 Å². The maximum absolute atomic E-state index is 12.1. The highest BCUT2D eigenvalue weighted by Gasteiger charge is 2.18. The molecule has 0 aliphatic heterocycles. The predicted molar refractivity (Wildman–Crippen MR) is 77.7 cm³/mol. The van der Waals surface area contributed by atoms with Crippen LogP contribution in [-0.2, 0) is 0 Å². The lowest BCUT2D eigenvalue weighted by Crippen LogP contribution is -2.14. The Bertz CT molecular complexity index is 671. The van der Waals surface area contributed by atoms with Gasteiger partial charge < -0.3 is 5.32 Å². The molecule has 0 saturated carbocycles. The standard InChI is InChI=1S/C13H10BrN3O3/c1-8-10(3-2-4-11(8)17(19)20)13(18)16-12-6-5-9(14)7-15-12/h2-7H,1H3,(H,15,16,18). The Morgan fingerprint density at radius 1 is 1.35 bits per heavy atom. The summed E-state index contributed by atoms with van der Waals surface area (Å²) in [7, 11) is 0. The molecule has 0 radical (unpaired) electrons. The number of nitrogens with zero attached hydrogens (tertiary/aromatic N) is 2. The Labute approximate surface area is 123 Å². The summed E-state index contributed by atoms with van der Waals surface area (Å²) in [5.41, 5.74) is 0.498. The zero-order valence-electron chi connectivity index (χ0n) is 10.5. The highest BCUT2D eigenvalue weighted by atomic mass is 79.9. The van der Waals surface area contributed by atoms with E-state index in [2.05, 4.69) is 26.2 Å². The molecule has 0 saturated heterocycles. The molecule has 0 aliphatic rings. The van der Waals surface area contributed by atoms with Crippen LogP contribution in [0.1, 0.15) is 15.9 Å². The van der Waals surface area contributed by atoms with Crippen molar-refractivity contribution in [2.75, 3.05) is 5.32 Å². The lowest BCUT2D eigenvalue weighted by Gasteiger charge is -2.07. The van der Waals surface area contributed by atoms with E-state index in [9.17, 15) is 14.9 Å². The Morgan fingerprint density at radius 2 is 2.10 bits per heavy atom. The molecule has 0 bridgehead atoms. The second-order valence-electron chi connectivity index (χ2n) is 4.02. The van der Waals surface area contributed by atoms with Gasteiger partial charge >= 0.3 is 0 Å². The fourth-order valence-electron chi connectivity index (χ4n) is 1.70. The van der Waals surface area contributed by atoms with Gasteiger partial charge in [-0.25, -0.2) is 4.98 Å². The molecule has 0 spiro atoms. The van der Waals surface area contributed by atoms with Crippen LogP contribution in [0.2, 0.25) is 0 Å². The number of hydrogen-bond donors (Lipinski definition) is 1. The van der Waals surface area contributed by atoms with Crippen molar-refractivity contribution in [2.24, 2.45) is 0 Å². The minimum Gasteiger partial charge on any atom is -0.307 e. The van der Waals surface area contributed by atoms with E-state index in [0.717, 1.165) is 4.47 Å². The molecule has 0 atom stereocenters. The summed E-state index contributed by atoms with van der Waals surface area (Å²) >= 11 is 3.24. The van der Waals surface area contributed by atoms with Crippen LogP contribution in [0.5, 0.6) is 0 Å². The fourth-order valence-corrected chi connectivity index (χ4v) is 1.94. The van der Waals surface area contributed by atoms with Gasteiger partial charge in [-0.3, -0.25) is 14.9 Å². The van der Waals surface area contributed by atoms with E-state index in [1.54, 1.807) is 25.3 Å². The number of nitro groups is 1. The Morgan fingerprint density at radius 3 is 2.70 bits per heavy atom. The van der Waals surface area contributed by atoms with Crippen LogP contribution in [0.3, 0.4) is 0 Å². The van der Waals surface area contributed by atoms with E-state index >= 15 is 0 Å². The van der Waals surface area contributed by atoms with Crippen molar-refractivity contribution in [3.8, 4) is 0 Å². The number of benzene rings is 1. The number of halogens is 1. The Balaban J connectivity index is 2.28. The van der Waals surface area contributed by atoms with Gasteiger partial charge in [0.05, 0.1) is 4.92 Å². The zero-order chi connectivity index (χ0) is 14.7. The third-order valence-electron chi connectivity index (χ3n) is 2.72. The van der Waals surface area contributed by atoms with Crippen LogP contribution in [0.15, 0.2) is 41.0 Å². The summed E-state index contributed by atoms with van der Waals surface area (Å²) in [5.74, 6) is -0.0508. The van der Waals surface area contributed by atoms with Crippen LogP contribution in [-0.4, -0.2) is 15.8 Å². The van der Waals surface area contributed by atoms with E-state index in [0.29, 0.717) is 11.4 Å². The summed E-state index contributed by atoms with van der Waals surface area (Å²) in [6.07, 6.45) is 1.55. The van der Waals surface area contributed by atoms with Crippen LogP contribution >= 0.6 is 15.9 Å². The molecule has 20 heavy (non-hydrogen) atoms. The van der Waals surface area contributed by atoms with Gasteiger partial charge in [0, 0.05) is 27.9 Å². The van der Waals surface area contributed by atoms with Crippen molar-refractivity contribution in [1.29, 1.82) is 0 Å². The van der Waals surface area contributed by atoms with Crippen molar-refractivity contribution in [2.45, 2.75) is 6.92 Å². The Hall–Kier alpha value is -2.28. The minimum atomic E-state index is -0.510. The van der Waals surface area contributed by atoms with E-state index < -0.39 is 10.8 Å². The second kappa shape index (κ2) is 5.79. The molecule has 102 valence electrons. The van der Waals surface area contributed by atoms with Crippen LogP contribution in [0, 0.1) is 17.0 Å². The molecule has 2 aromatic rings. The third kappa shape index (κ3) is 3.00. The van der Waals surface area contributed by atoms with Gasteiger partial charge in [-0.1, -0.05) is 6.07 Å². The lowest BCUT2D eigenvalue weighted by atomic mass is 10.1. The van der Waals surface area contributed by atoms with Crippen molar-refractivity contribution in [3.63, 3.8) is 0 Å². The maximum Gasteiger partial charge on any atom is 0.273 e. The van der Waals surface area contributed by atoms with Gasteiger partial charge in [-0.15, -0.1) is 0 Å². The SMILES string of the molecule is Cc1c(C(=O)Nc2ccc(Br)cn2)cccc1[N+](=O)[O-]. The van der Waals surface area contributed by atoms with Gasteiger partial charge in [0.15, 0.2) is 0 Å². The molecule has 1 N–H and O–H groups in total. The van der Waals surface area contributed by atoms with E-state index in [4.69, 9.17) is 0 Å². The normalized spacial score (nSPS) is 10.1. The first kappa shape index (κ1) is 14.1. The average Bonchev–Trinajstić information content (AvgIpc) is 2.41. The van der Waals surface area contributed by atoms with Gasteiger partial charge in [-0.2, -0.15) is 0 Å². The number of hydrogen-bond acceptors (Lipinski definition) is 4. The van der Waals surface area contributed by atoms with Crippen LogP contribution in [0.25, 0.3) is 0 Å². The molecule has 7 heteroatoms. The van der Waals surface area contributed by atoms with Gasteiger partial charge in [0.25, 0.3) is 11.6 Å². The molecule has 2 rings (SSSR count). The number of anilines is 1. The van der Waals surface area contributed by atoms with Crippen molar-refractivity contribution in [3.05, 3.63) is 62.2 Å². The van der Waals surface area contributed by atoms with E-state index in [1.165, 1.54) is 18.2 Å². The monoisotopic (exact) mass is 335 g/mol. The number of nitro benzene ring substituents is 1. The number of carbonyl (C=O) groups is 1. The molecule has 6 nitrogen and oxygen atoms in total. The predicted octanol–water partition coefficient (Wildman–Crippen LogP) is 3.31. The van der Waals surface area contributed by atoms with Gasteiger partial charge in [-0.05, 0) is 41.1 Å². The number of amides is 1. The fraction of sp³-hybridized carbons (Fsp3) is 0.0769. The zero-order valence-corrected chi connectivity index (χ0v) is 12.0. The molecular formula is C13H10BrN3O3. The number of pyridine rings is 1. The van der Waals surface area contributed by atoms with Gasteiger partial charge in [0.1, 0.15) is 5.82 Å². The first-order chi connectivity index (χ1) is 9.49. The quantitative estimate of drug-likeness (QED) is 0.688. The number of carbonyl (C=O) groups excluding carboxylic acids is 1. The molecule has 0 fully saturated rings. The smallest absolute Gasteiger partial charge is 0.273 e.